The Morgan fingerprint density at radius 1 is 1.21 bits per heavy atom. The Morgan fingerprint density at radius 2 is 1.96 bits per heavy atom. The number of H-pyrrole nitrogens is 1. The highest BCUT2D eigenvalue weighted by atomic mass is 32.2. The largest absolute Gasteiger partial charge is 0.507 e. The van der Waals surface area contributed by atoms with Gasteiger partial charge in [-0.2, -0.15) is 0 Å². The maximum atomic E-state index is 12.2. The summed E-state index contributed by atoms with van der Waals surface area (Å²) in [5, 5.41) is 17.1. The standard InChI is InChI=1S/C17H15N3O3S/c1-23-12-8-6-11(7-9-12)15(22)10-24-17-18-16(19-20-17)13-4-2-3-5-14(13)21/h2-9,21H,10H2,1H3,(H,18,19,20). The maximum Gasteiger partial charge on any atom is 0.209 e. The van der Waals surface area contributed by atoms with Gasteiger partial charge in [0.15, 0.2) is 11.6 Å². The first-order valence-corrected chi connectivity index (χ1v) is 8.17. The van der Waals surface area contributed by atoms with E-state index in [1.165, 1.54) is 11.8 Å². The number of ether oxygens (including phenoxy) is 1. The number of carbonyl (C=O) groups is 1. The first kappa shape index (κ1) is 16.1. The second-order valence-corrected chi connectivity index (χ2v) is 5.87. The van der Waals surface area contributed by atoms with Crippen molar-refractivity contribution in [2.75, 3.05) is 12.9 Å². The Hall–Kier alpha value is -2.80. The van der Waals surface area contributed by atoms with Gasteiger partial charge in [0.2, 0.25) is 5.16 Å². The second kappa shape index (κ2) is 7.18. The average molecular weight is 341 g/mol. The summed E-state index contributed by atoms with van der Waals surface area (Å²) in [6.45, 7) is 0. The van der Waals surface area contributed by atoms with Crippen molar-refractivity contribution in [2.45, 2.75) is 5.16 Å². The molecule has 24 heavy (non-hydrogen) atoms. The third-order valence-electron chi connectivity index (χ3n) is 3.37. The van der Waals surface area contributed by atoms with Gasteiger partial charge in [0.05, 0.1) is 18.4 Å². The number of hydrogen-bond donors (Lipinski definition) is 2. The minimum Gasteiger partial charge on any atom is -0.507 e. The predicted octanol–water partition coefficient (Wildman–Crippen LogP) is 3.16. The van der Waals surface area contributed by atoms with E-state index in [4.69, 9.17) is 4.74 Å². The van der Waals surface area contributed by atoms with Crippen molar-refractivity contribution in [1.82, 2.24) is 15.2 Å². The lowest BCUT2D eigenvalue weighted by molar-refractivity contribution is 0.102. The quantitative estimate of drug-likeness (QED) is 0.529. The molecule has 3 rings (SSSR count). The molecule has 2 N–H and O–H groups in total. The summed E-state index contributed by atoms with van der Waals surface area (Å²) < 4.78 is 5.07. The molecule has 0 amide bonds. The van der Waals surface area contributed by atoms with Crippen LogP contribution in [0.2, 0.25) is 0 Å². The Kier molecular flexibility index (Phi) is 4.81. The fourth-order valence-electron chi connectivity index (χ4n) is 2.10. The number of aromatic amines is 1. The maximum absolute atomic E-state index is 12.2. The fourth-order valence-corrected chi connectivity index (χ4v) is 2.79. The third-order valence-corrected chi connectivity index (χ3v) is 4.22. The molecule has 0 fully saturated rings. The number of aromatic hydroxyl groups is 1. The topological polar surface area (TPSA) is 88.1 Å². The molecule has 2 aromatic carbocycles. The van der Waals surface area contributed by atoms with E-state index in [9.17, 15) is 9.90 Å². The van der Waals surface area contributed by atoms with Crippen molar-refractivity contribution in [3.05, 3.63) is 54.1 Å². The molecule has 1 aromatic heterocycles. The molecule has 0 unspecified atom stereocenters. The van der Waals surface area contributed by atoms with Crippen LogP contribution in [0.1, 0.15) is 10.4 Å². The predicted molar refractivity (Wildman–Crippen MR) is 91.5 cm³/mol. The number of para-hydroxylation sites is 1. The van der Waals surface area contributed by atoms with E-state index in [0.29, 0.717) is 27.9 Å². The van der Waals surface area contributed by atoms with E-state index in [1.807, 2.05) is 0 Å². The van der Waals surface area contributed by atoms with E-state index in [2.05, 4.69) is 15.2 Å². The fraction of sp³-hybridized carbons (Fsp3) is 0.118. The Balaban J connectivity index is 1.65. The summed E-state index contributed by atoms with van der Waals surface area (Å²) in [4.78, 5) is 16.5. The average Bonchev–Trinajstić information content (AvgIpc) is 3.09. The third kappa shape index (κ3) is 3.57. The van der Waals surface area contributed by atoms with Gasteiger partial charge in [-0.1, -0.05) is 23.9 Å². The Bertz CT molecular complexity index is 846. The highest BCUT2D eigenvalue weighted by Crippen LogP contribution is 2.27. The Morgan fingerprint density at radius 3 is 2.67 bits per heavy atom. The number of rotatable bonds is 6. The first-order valence-electron chi connectivity index (χ1n) is 7.18. The summed E-state index contributed by atoms with van der Waals surface area (Å²) >= 11 is 1.24. The number of carbonyl (C=O) groups excluding carboxylic acids is 1. The minimum atomic E-state index is -0.0171. The van der Waals surface area contributed by atoms with Crippen molar-refractivity contribution >= 4 is 17.5 Å². The van der Waals surface area contributed by atoms with Crippen molar-refractivity contribution in [1.29, 1.82) is 0 Å². The molecule has 7 heteroatoms. The summed E-state index contributed by atoms with van der Waals surface area (Å²) in [7, 11) is 1.58. The molecule has 0 bridgehead atoms. The summed E-state index contributed by atoms with van der Waals surface area (Å²) in [6, 6.07) is 13.8. The van der Waals surface area contributed by atoms with Gasteiger partial charge in [-0.15, -0.1) is 5.10 Å². The van der Waals surface area contributed by atoms with Crippen LogP contribution in [-0.4, -0.2) is 38.9 Å². The van der Waals surface area contributed by atoms with Crippen LogP contribution in [0, 0.1) is 0 Å². The van der Waals surface area contributed by atoms with Gasteiger partial charge in [-0.05, 0) is 36.4 Å². The van der Waals surface area contributed by atoms with Gasteiger partial charge < -0.3 is 9.84 Å². The molecule has 0 radical (unpaired) electrons. The van der Waals surface area contributed by atoms with E-state index < -0.39 is 0 Å². The van der Waals surface area contributed by atoms with Gasteiger partial charge in [0.1, 0.15) is 11.5 Å². The van der Waals surface area contributed by atoms with Crippen LogP contribution >= 0.6 is 11.8 Å². The molecule has 0 spiro atoms. The molecular weight excluding hydrogens is 326 g/mol. The normalized spacial score (nSPS) is 10.5. The van der Waals surface area contributed by atoms with Gasteiger partial charge in [-0.25, -0.2) is 4.98 Å². The summed E-state index contributed by atoms with van der Waals surface area (Å²) in [5.74, 6) is 1.51. The van der Waals surface area contributed by atoms with Crippen molar-refractivity contribution in [3.63, 3.8) is 0 Å². The Labute approximate surface area is 142 Å². The van der Waals surface area contributed by atoms with E-state index in [0.717, 1.165) is 0 Å². The van der Waals surface area contributed by atoms with Crippen LogP contribution in [0.5, 0.6) is 11.5 Å². The highest BCUT2D eigenvalue weighted by molar-refractivity contribution is 7.99. The lowest BCUT2D eigenvalue weighted by Gasteiger charge is -2.02. The molecule has 6 nitrogen and oxygen atoms in total. The molecule has 122 valence electrons. The summed E-state index contributed by atoms with van der Waals surface area (Å²) in [5.41, 5.74) is 1.18. The zero-order valence-electron chi connectivity index (χ0n) is 12.9. The molecule has 0 aliphatic heterocycles. The molecule has 0 atom stereocenters. The van der Waals surface area contributed by atoms with Gasteiger partial charge in [0, 0.05) is 5.56 Å². The molecular formula is C17H15N3O3S. The number of methoxy groups -OCH3 is 1. The van der Waals surface area contributed by atoms with Crippen molar-refractivity contribution in [3.8, 4) is 22.9 Å². The van der Waals surface area contributed by atoms with Gasteiger partial charge in [-0.3, -0.25) is 9.89 Å². The number of ketones is 1. The molecule has 1 heterocycles. The number of phenols is 1. The lowest BCUT2D eigenvalue weighted by Crippen LogP contribution is -2.02. The van der Waals surface area contributed by atoms with Crippen LogP contribution in [-0.2, 0) is 0 Å². The number of Topliss-reactive ketones (excluding diaryl/α,β-unsaturated/α-hetero) is 1. The smallest absolute Gasteiger partial charge is 0.209 e. The van der Waals surface area contributed by atoms with Gasteiger partial charge >= 0.3 is 0 Å². The molecule has 0 saturated heterocycles. The minimum absolute atomic E-state index is 0.0171. The summed E-state index contributed by atoms with van der Waals surface area (Å²) in [6.07, 6.45) is 0. The van der Waals surface area contributed by atoms with E-state index in [1.54, 1.807) is 55.6 Å². The monoisotopic (exact) mass is 341 g/mol. The zero-order chi connectivity index (χ0) is 16.9. The number of thioether (sulfide) groups is 1. The molecule has 3 aromatic rings. The number of phenolic OH excluding ortho intramolecular Hbond substituents is 1. The van der Waals surface area contributed by atoms with Crippen molar-refractivity contribution < 1.29 is 14.6 Å². The van der Waals surface area contributed by atoms with E-state index in [-0.39, 0.29) is 17.3 Å². The number of nitrogens with one attached hydrogen (secondary N) is 1. The van der Waals surface area contributed by atoms with E-state index >= 15 is 0 Å². The number of nitrogens with zero attached hydrogens (tertiary/aromatic N) is 2. The zero-order valence-corrected chi connectivity index (χ0v) is 13.7. The molecule has 0 saturated carbocycles. The van der Waals surface area contributed by atoms with Crippen LogP contribution in [0.25, 0.3) is 11.4 Å². The van der Waals surface area contributed by atoms with Crippen LogP contribution in [0.15, 0.2) is 53.7 Å². The lowest BCUT2D eigenvalue weighted by atomic mass is 10.1. The number of hydrogen-bond acceptors (Lipinski definition) is 6. The highest BCUT2D eigenvalue weighted by Gasteiger charge is 2.12. The second-order valence-electron chi connectivity index (χ2n) is 4.92. The number of aromatic nitrogens is 3. The number of benzene rings is 2. The molecule has 0 aliphatic rings. The first-order chi connectivity index (χ1) is 11.7. The SMILES string of the molecule is COc1ccc(C(=O)CSc2n[nH]c(-c3ccccc3O)n2)cc1. The van der Waals surface area contributed by atoms with Crippen LogP contribution in [0.4, 0.5) is 0 Å². The van der Waals surface area contributed by atoms with Crippen LogP contribution in [0.3, 0.4) is 0 Å². The van der Waals surface area contributed by atoms with Crippen molar-refractivity contribution in [2.24, 2.45) is 0 Å². The molecule has 0 aliphatic carbocycles. The van der Waals surface area contributed by atoms with Gasteiger partial charge in [0.25, 0.3) is 0 Å². The van der Waals surface area contributed by atoms with Crippen LogP contribution < -0.4 is 4.74 Å².